The van der Waals surface area contributed by atoms with Gasteiger partial charge in [-0.25, -0.2) is 4.98 Å². The second-order valence-electron chi connectivity index (χ2n) is 13.8. The molecular weight excluding hydrogens is 811 g/mol. The van der Waals surface area contributed by atoms with E-state index < -0.39 is 71.4 Å². The number of aliphatic hydroxyl groups excluding tert-OH is 3. The van der Waals surface area contributed by atoms with Crippen molar-refractivity contribution in [1.29, 1.82) is 0 Å². The summed E-state index contributed by atoms with van der Waals surface area (Å²) in [5.74, 6) is -1.59. The highest BCUT2D eigenvalue weighted by Crippen LogP contribution is 2.70. The maximum atomic E-state index is 14.4. The standard InChI is InChI=1S/C40H43N3O14S2/c1-51-25-12-9-23(10-13-25)40-33(22-7-5-4-6-8-22)32(36(47)41-15-16-58-59-31-14-11-24(19-42-31)43(49)50)35(46)39(40,48)34-28(52-2)17-26(18-29(34)57-40)55-38-37(53-3)54-21-30(56-38)27(45)20-44/h4-14,17-19,27,30,32-33,35,37-38,44-46,48H,15-16,20-21H2,1-3H3,(H,41,47)/t27-,30-,32-,33-,35-,37-,38-,39+,40+/m1/s1. The number of hydrogen-bond donors (Lipinski definition) is 5. The number of hydrogen-bond acceptors (Lipinski definition) is 17. The molecule has 3 aliphatic rings. The molecule has 7 rings (SSSR count). The van der Waals surface area contributed by atoms with Crippen LogP contribution in [0.15, 0.2) is 90.1 Å². The molecule has 5 N–H and O–H groups in total. The van der Waals surface area contributed by atoms with Crippen molar-refractivity contribution in [3.8, 4) is 23.0 Å². The first kappa shape index (κ1) is 42.4. The third-order valence-electron chi connectivity index (χ3n) is 10.6. The predicted octanol–water partition coefficient (Wildman–Crippen LogP) is 3.26. The van der Waals surface area contributed by atoms with Crippen LogP contribution in [0.3, 0.4) is 0 Å². The van der Waals surface area contributed by atoms with Crippen molar-refractivity contribution < 1.29 is 63.3 Å². The molecule has 2 fully saturated rings. The third kappa shape index (κ3) is 7.78. The van der Waals surface area contributed by atoms with Crippen LogP contribution in [0.25, 0.3) is 0 Å². The molecule has 1 amide bonds. The number of carbonyl (C=O) groups excluding carboxylic acids is 1. The molecule has 1 saturated carbocycles. The van der Waals surface area contributed by atoms with Crippen LogP contribution in [0, 0.1) is 16.0 Å². The summed E-state index contributed by atoms with van der Waals surface area (Å²) < 4.78 is 41.5. The lowest BCUT2D eigenvalue weighted by Gasteiger charge is -2.40. The van der Waals surface area contributed by atoms with Crippen molar-refractivity contribution in [1.82, 2.24) is 10.3 Å². The van der Waals surface area contributed by atoms with Crippen LogP contribution in [-0.4, -0.2) is 114 Å². The van der Waals surface area contributed by atoms with E-state index in [-0.39, 0.29) is 41.7 Å². The summed E-state index contributed by atoms with van der Waals surface area (Å²) in [6, 6.07) is 21.7. The zero-order valence-corrected chi connectivity index (χ0v) is 33.7. The number of nitrogens with one attached hydrogen (secondary N) is 1. The minimum absolute atomic E-state index is 0.0632. The number of amides is 1. The second kappa shape index (κ2) is 17.9. The normalized spacial score (nSPS) is 27.5. The van der Waals surface area contributed by atoms with Gasteiger partial charge in [0, 0.05) is 43.5 Å². The summed E-state index contributed by atoms with van der Waals surface area (Å²) >= 11 is 0. The molecule has 1 saturated heterocycles. The zero-order valence-electron chi connectivity index (χ0n) is 32.0. The highest BCUT2D eigenvalue weighted by atomic mass is 33.1. The quantitative estimate of drug-likeness (QED) is 0.0471. The number of aromatic nitrogens is 1. The topological polar surface area (TPSA) is 231 Å². The molecule has 59 heavy (non-hydrogen) atoms. The lowest BCUT2D eigenvalue weighted by molar-refractivity contribution is -0.385. The van der Waals surface area contributed by atoms with E-state index >= 15 is 0 Å². The Kier molecular flexibility index (Phi) is 12.9. The molecule has 1 aliphatic carbocycles. The lowest BCUT2D eigenvalue weighted by atomic mass is 9.70. The smallest absolute Gasteiger partial charge is 0.287 e. The van der Waals surface area contributed by atoms with Gasteiger partial charge in [0.05, 0.1) is 43.8 Å². The van der Waals surface area contributed by atoms with Crippen LogP contribution in [0.1, 0.15) is 22.6 Å². The number of aliphatic hydroxyl groups is 4. The van der Waals surface area contributed by atoms with Crippen molar-refractivity contribution in [2.45, 2.75) is 53.0 Å². The molecule has 17 nitrogen and oxygen atoms in total. The number of rotatable bonds is 16. The molecule has 2 aliphatic heterocycles. The molecule has 1 aromatic heterocycles. The Bertz CT molecular complexity index is 2100. The number of methoxy groups -OCH3 is 3. The van der Waals surface area contributed by atoms with E-state index in [1.165, 1.54) is 67.3 Å². The van der Waals surface area contributed by atoms with E-state index in [0.29, 0.717) is 27.7 Å². The Labute approximate surface area is 346 Å². The Morgan fingerprint density at radius 3 is 2.46 bits per heavy atom. The van der Waals surface area contributed by atoms with Gasteiger partial charge in [-0.1, -0.05) is 53.3 Å². The Hall–Kier alpha value is -4.70. The van der Waals surface area contributed by atoms with Crippen LogP contribution < -0.4 is 24.3 Å². The molecule has 0 radical (unpaired) electrons. The van der Waals surface area contributed by atoms with Gasteiger partial charge in [0.25, 0.3) is 12.0 Å². The van der Waals surface area contributed by atoms with Gasteiger partial charge < -0.3 is 58.9 Å². The molecule has 3 aromatic carbocycles. The van der Waals surface area contributed by atoms with Crippen LogP contribution in [0.5, 0.6) is 23.0 Å². The first-order chi connectivity index (χ1) is 28.5. The Balaban J connectivity index is 1.25. The number of nitrogens with zero attached hydrogens (tertiary/aromatic N) is 2. The average molecular weight is 854 g/mol. The first-order valence-corrected chi connectivity index (χ1v) is 20.8. The fourth-order valence-electron chi connectivity index (χ4n) is 7.97. The van der Waals surface area contributed by atoms with E-state index in [1.807, 2.05) is 6.07 Å². The molecule has 0 spiro atoms. The Morgan fingerprint density at radius 2 is 1.81 bits per heavy atom. The molecule has 314 valence electrons. The fourth-order valence-corrected chi connectivity index (χ4v) is 9.74. The van der Waals surface area contributed by atoms with Gasteiger partial charge in [-0.05, 0) is 40.1 Å². The summed E-state index contributed by atoms with van der Waals surface area (Å²) in [7, 11) is 6.96. The minimum Gasteiger partial charge on any atom is -0.497 e. The second-order valence-corrected chi connectivity index (χ2v) is 16.3. The van der Waals surface area contributed by atoms with Gasteiger partial charge in [-0.15, -0.1) is 0 Å². The van der Waals surface area contributed by atoms with Crippen LogP contribution in [0.2, 0.25) is 0 Å². The molecule has 3 heterocycles. The maximum absolute atomic E-state index is 14.4. The molecule has 4 aromatic rings. The van der Waals surface area contributed by atoms with Crippen LogP contribution >= 0.6 is 21.6 Å². The van der Waals surface area contributed by atoms with E-state index in [9.17, 15) is 35.3 Å². The van der Waals surface area contributed by atoms with Crippen molar-refractivity contribution in [3.63, 3.8) is 0 Å². The van der Waals surface area contributed by atoms with Gasteiger partial charge in [-0.2, -0.15) is 0 Å². The number of benzene rings is 3. The van der Waals surface area contributed by atoms with Crippen LogP contribution in [-0.2, 0) is 30.2 Å². The van der Waals surface area contributed by atoms with E-state index in [1.54, 1.807) is 54.6 Å². The van der Waals surface area contributed by atoms with E-state index in [0.717, 1.165) is 0 Å². The van der Waals surface area contributed by atoms with E-state index in [2.05, 4.69) is 10.3 Å². The summed E-state index contributed by atoms with van der Waals surface area (Å²) in [5, 5.41) is 60.2. The number of nitro groups is 1. The first-order valence-electron chi connectivity index (χ1n) is 18.4. The number of fused-ring (bicyclic) bond motifs is 3. The summed E-state index contributed by atoms with van der Waals surface area (Å²) in [6.45, 7) is -0.469. The molecular formula is C40H43N3O14S2. The fraction of sp³-hybridized carbons (Fsp3) is 0.400. The highest BCUT2D eigenvalue weighted by molar-refractivity contribution is 8.76. The summed E-state index contributed by atoms with van der Waals surface area (Å²) in [6.07, 6.45) is -5.02. The van der Waals surface area contributed by atoms with Crippen molar-refractivity contribution in [2.24, 2.45) is 5.92 Å². The van der Waals surface area contributed by atoms with Crippen molar-refractivity contribution >= 4 is 33.2 Å². The number of ether oxygens (including phenoxy) is 7. The van der Waals surface area contributed by atoms with Gasteiger partial charge in [0.2, 0.25) is 12.2 Å². The van der Waals surface area contributed by atoms with Crippen molar-refractivity contribution in [2.75, 3.05) is 46.8 Å². The monoisotopic (exact) mass is 853 g/mol. The molecule has 0 bridgehead atoms. The van der Waals surface area contributed by atoms with Gasteiger partial charge in [-0.3, -0.25) is 14.9 Å². The Morgan fingerprint density at radius 1 is 1.05 bits per heavy atom. The average Bonchev–Trinajstić information content (AvgIpc) is 3.64. The zero-order chi connectivity index (χ0) is 41.9. The molecule has 9 atom stereocenters. The summed E-state index contributed by atoms with van der Waals surface area (Å²) in [4.78, 5) is 29.0. The summed E-state index contributed by atoms with van der Waals surface area (Å²) in [5.41, 5.74) is -3.18. The lowest BCUT2D eigenvalue weighted by Crippen LogP contribution is -2.52. The van der Waals surface area contributed by atoms with Crippen molar-refractivity contribution in [3.05, 3.63) is 112 Å². The number of carbonyl (C=O) groups is 1. The van der Waals surface area contributed by atoms with Gasteiger partial charge in [0.1, 0.15) is 52.5 Å². The SMILES string of the molecule is COc1ccc([C@@]23Oc4cc(O[C@@H]5O[C@@H]([C@H](O)CO)CO[C@H]5OC)cc(OC)c4[C@]2(O)[C@H](O)[C@H](C(=O)NCCSSc2ccc([N+](=O)[O-])cn2)[C@H]3c2ccccc2)cc1. The van der Waals surface area contributed by atoms with E-state index in [4.69, 9.17) is 33.2 Å². The predicted molar refractivity (Wildman–Crippen MR) is 212 cm³/mol. The molecule has 19 heteroatoms. The minimum atomic E-state index is -2.31. The van der Waals surface area contributed by atoms with Gasteiger partial charge >= 0.3 is 0 Å². The number of pyridine rings is 1. The molecule has 0 unspecified atom stereocenters. The third-order valence-corrected chi connectivity index (χ3v) is 12.9. The van der Waals surface area contributed by atoms with Crippen LogP contribution in [0.4, 0.5) is 5.69 Å². The largest absolute Gasteiger partial charge is 0.497 e. The van der Waals surface area contributed by atoms with Gasteiger partial charge in [0.15, 0.2) is 11.2 Å². The highest BCUT2D eigenvalue weighted by Gasteiger charge is 2.78. The maximum Gasteiger partial charge on any atom is 0.287 e.